The Morgan fingerprint density at radius 1 is 1.00 bits per heavy atom. The van der Waals surface area contributed by atoms with Gasteiger partial charge in [0.1, 0.15) is 0 Å². The molecule has 0 aliphatic rings. The van der Waals surface area contributed by atoms with Crippen molar-refractivity contribution in [3.05, 3.63) is 64.2 Å². The second-order valence-electron chi connectivity index (χ2n) is 7.86. The lowest BCUT2D eigenvalue weighted by Gasteiger charge is -2.23. The van der Waals surface area contributed by atoms with E-state index in [1.54, 1.807) is 0 Å². The summed E-state index contributed by atoms with van der Waals surface area (Å²) in [5.74, 6) is -0.0769. The van der Waals surface area contributed by atoms with Crippen LogP contribution in [0.3, 0.4) is 0 Å². The van der Waals surface area contributed by atoms with Crippen LogP contribution in [0.25, 0.3) is 0 Å². The van der Waals surface area contributed by atoms with E-state index in [0.29, 0.717) is 12.1 Å². The predicted molar refractivity (Wildman–Crippen MR) is 120 cm³/mol. The minimum Gasteiger partial charge on any atom is -0.350 e. The molecule has 2 aromatic carbocycles. The van der Waals surface area contributed by atoms with Crippen molar-refractivity contribution < 1.29 is 13.2 Å². The molecule has 0 aliphatic heterocycles. The molecule has 0 spiro atoms. The van der Waals surface area contributed by atoms with Gasteiger partial charge in [-0.1, -0.05) is 29.8 Å². The van der Waals surface area contributed by atoms with Crippen molar-refractivity contribution in [2.75, 3.05) is 17.1 Å². The molecule has 1 N–H and O–H groups in total. The topological polar surface area (TPSA) is 66.5 Å². The highest BCUT2D eigenvalue weighted by molar-refractivity contribution is 7.92. The van der Waals surface area contributed by atoms with E-state index in [1.807, 2.05) is 52.8 Å². The lowest BCUT2D eigenvalue weighted by molar-refractivity contribution is -0.121. The number of rotatable bonds is 8. The molecule has 0 aromatic heterocycles. The number of hydrogen-bond donors (Lipinski definition) is 1. The monoisotopic (exact) mass is 416 g/mol. The molecule has 29 heavy (non-hydrogen) atoms. The Bertz CT molecular complexity index is 984. The lowest BCUT2D eigenvalue weighted by atomic mass is 10.00. The highest BCUT2D eigenvalue weighted by Crippen LogP contribution is 2.22. The summed E-state index contributed by atoms with van der Waals surface area (Å²) in [5, 5.41) is 3.03. The molecule has 0 saturated carbocycles. The minimum absolute atomic E-state index is 0.0769. The van der Waals surface area contributed by atoms with Gasteiger partial charge in [0.2, 0.25) is 15.9 Å². The Morgan fingerprint density at radius 3 is 2.28 bits per heavy atom. The second kappa shape index (κ2) is 9.44. The average molecular weight is 417 g/mol. The second-order valence-corrected chi connectivity index (χ2v) is 9.76. The van der Waals surface area contributed by atoms with Crippen LogP contribution in [0, 0.1) is 27.7 Å². The fraction of sp³-hybridized carbons (Fsp3) is 0.435. The van der Waals surface area contributed by atoms with E-state index in [1.165, 1.54) is 10.6 Å². The minimum atomic E-state index is -3.42. The van der Waals surface area contributed by atoms with Crippen molar-refractivity contribution in [1.29, 1.82) is 0 Å². The number of carbonyl (C=O) groups excluding carboxylic acids is 1. The number of nitrogens with zero attached hydrogens (tertiary/aromatic N) is 1. The van der Waals surface area contributed by atoms with Crippen molar-refractivity contribution in [2.45, 2.75) is 53.5 Å². The van der Waals surface area contributed by atoms with Gasteiger partial charge in [0.15, 0.2) is 0 Å². The van der Waals surface area contributed by atoms with Crippen LogP contribution in [-0.2, 0) is 14.8 Å². The summed E-state index contributed by atoms with van der Waals surface area (Å²) in [5.41, 5.74) is 6.19. The molecule has 0 bridgehead atoms. The van der Waals surface area contributed by atoms with Gasteiger partial charge < -0.3 is 5.32 Å². The Kier molecular flexibility index (Phi) is 7.47. The fourth-order valence-electron chi connectivity index (χ4n) is 3.37. The van der Waals surface area contributed by atoms with E-state index in [9.17, 15) is 13.2 Å². The van der Waals surface area contributed by atoms with Crippen molar-refractivity contribution in [2.24, 2.45) is 0 Å². The molecule has 5 nitrogen and oxygen atoms in total. The molecule has 1 atom stereocenters. The predicted octanol–water partition coefficient (Wildman–Crippen LogP) is 4.34. The van der Waals surface area contributed by atoms with Gasteiger partial charge in [-0.3, -0.25) is 9.10 Å². The van der Waals surface area contributed by atoms with E-state index < -0.39 is 10.0 Å². The van der Waals surface area contributed by atoms with Gasteiger partial charge in [0.25, 0.3) is 0 Å². The molecule has 2 rings (SSSR count). The third-order valence-corrected chi connectivity index (χ3v) is 6.42. The number of aryl methyl sites for hydroxylation is 4. The molecule has 158 valence electrons. The fourth-order valence-corrected chi connectivity index (χ4v) is 4.33. The first-order valence-corrected chi connectivity index (χ1v) is 11.8. The molecule has 2 aromatic rings. The molecule has 0 unspecified atom stereocenters. The van der Waals surface area contributed by atoms with Crippen LogP contribution in [0.1, 0.15) is 53.6 Å². The number of sulfonamides is 1. The van der Waals surface area contributed by atoms with E-state index in [2.05, 4.69) is 23.5 Å². The summed E-state index contributed by atoms with van der Waals surface area (Å²) in [7, 11) is -3.42. The van der Waals surface area contributed by atoms with Crippen LogP contribution < -0.4 is 9.62 Å². The van der Waals surface area contributed by atoms with Crippen LogP contribution >= 0.6 is 0 Å². The molecule has 0 radical (unpaired) electrons. The van der Waals surface area contributed by atoms with Gasteiger partial charge in [-0.25, -0.2) is 8.42 Å². The molecule has 0 saturated heterocycles. The molecule has 0 heterocycles. The molecule has 0 fully saturated rings. The van der Waals surface area contributed by atoms with Crippen molar-refractivity contribution in [3.63, 3.8) is 0 Å². The van der Waals surface area contributed by atoms with E-state index in [4.69, 9.17) is 0 Å². The third kappa shape index (κ3) is 6.32. The quantitative estimate of drug-likeness (QED) is 0.696. The maximum Gasteiger partial charge on any atom is 0.232 e. The van der Waals surface area contributed by atoms with Gasteiger partial charge >= 0.3 is 0 Å². The van der Waals surface area contributed by atoms with Crippen LogP contribution in [0.2, 0.25) is 0 Å². The van der Waals surface area contributed by atoms with Crippen LogP contribution in [0.4, 0.5) is 5.69 Å². The SMILES string of the molecule is Cc1ccc(C)c([C@H](C)NC(=O)CCCN(c2ccc(C)c(C)c2)S(C)(=O)=O)c1. The first-order chi connectivity index (χ1) is 13.5. The van der Waals surface area contributed by atoms with Crippen molar-refractivity contribution in [1.82, 2.24) is 5.32 Å². The molecule has 0 aliphatic carbocycles. The van der Waals surface area contributed by atoms with Gasteiger partial charge in [0.05, 0.1) is 18.0 Å². The first kappa shape index (κ1) is 22.9. The zero-order chi connectivity index (χ0) is 21.8. The number of nitrogens with one attached hydrogen (secondary N) is 1. The van der Waals surface area contributed by atoms with Crippen molar-refractivity contribution >= 4 is 21.6 Å². The normalized spacial score (nSPS) is 12.5. The molecule has 1 amide bonds. The summed E-state index contributed by atoms with van der Waals surface area (Å²) in [6.07, 6.45) is 1.92. The van der Waals surface area contributed by atoms with E-state index in [0.717, 1.165) is 27.8 Å². The first-order valence-electron chi connectivity index (χ1n) is 9.90. The summed E-state index contributed by atoms with van der Waals surface area (Å²) in [4.78, 5) is 12.4. The zero-order valence-electron chi connectivity index (χ0n) is 18.2. The summed E-state index contributed by atoms with van der Waals surface area (Å²) in [6, 6.07) is 11.7. The van der Waals surface area contributed by atoms with Gasteiger partial charge in [-0.15, -0.1) is 0 Å². The van der Waals surface area contributed by atoms with Gasteiger partial charge in [-0.05, 0) is 75.4 Å². The number of anilines is 1. The smallest absolute Gasteiger partial charge is 0.232 e. The van der Waals surface area contributed by atoms with Gasteiger partial charge in [-0.2, -0.15) is 0 Å². The molecular formula is C23H32N2O3S. The number of amides is 1. The standard InChI is InChI=1S/C23H32N2O3S/c1-16-9-10-18(3)22(14-16)20(5)24-23(26)8-7-13-25(29(6,27)28)21-12-11-17(2)19(4)15-21/h9-12,14-15,20H,7-8,13H2,1-6H3,(H,24,26)/t20-/m0/s1. The summed E-state index contributed by atoms with van der Waals surface area (Å²) >= 11 is 0. The zero-order valence-corrected chi connectivity index (χ0v) is 19.1. The Hall–Kier alpha value is -2.34. The Labute approximate surface area is 175 Å². The third-order valence-electron chi connectivity index (χ3n) is 5.22. The summed E-state index contributed by atoms with van der Waals surface area (Å²) in [6.45, 7) is 10.3. The van der Waals surface area contributed by atoms with Crippen LogP contribution in [-0.4, -0.2) is 27.1 Å². The number of carbonyl (C=O) groups is 1. The highest BCUT2D eigenvalue weighted by Gasteiger charge is 2.19. The summed E-state index contributed by atoms with van der Waals surface area (Å²) < 4.78 is 25.9. The lowest BCUT2D eigenvalue weighted by Crippen LogP contribution is -2.32. The number of hydrogen-bond acceptors (Lipinski definition) is 3. The van der Waals surface area contributed by atoms with Crippen LogP contribution in [0.5, 0.6) is 0 Å². The molecular weight excluding hydrogens is 384 g/mol. The van der Waals surface area contributed by atoms with Crippen LogP contribution in [0.15, 0.2) is 36.4 Å². The largest absolute Gasteiger partial charge is 0.350 e. The van der Waals surface area contributed by atoms with E-state index in [-0.39, 0.29) is 24.9 Å². The van der Waals surface area contributed by atoms with E-state index >= 15 is 0 Å². The maximum absolute atomic E-state index is 12.4. The highest BCUT2D eigenvalue weighted by atomic mass is 32.2. The number of benzene rings is 2. The average Bonchev–Trinajstić information content (AvgIpc) is 2.62. The maximum atomic E-state index is 12.4. The molecule has 6 heteroatoms. The van der Waals surface area contributed by atoms with Gasteiger partial charge in [0, 0.05) is 13.0 Å². The Balaban J connectivity index is 1.99. The van der Waals surface area contributed by atoms with Crippen molar-refractivity contribution in [3.8, 4) is 0 Å². The Morgan fingerprint density at radius 2 is 1.66 bits per heavy atom.